The molecule has 0 radical (unpaired) electrons. The Kier molecular flexibility index (Phi) is 6.98. The standard InChI is InChI=1S/C12H25NO2/c1-12(2)15-11-10-14-9-8-13-6-4-3-5-7-13/h12H,3-11H2,1-2H3. The Morgan fingerprint density at radius 3 is 2.40 bits per heavy atom. The fourth-order valence-corrected chi connectivity index (χ4v) is 1.82. The van der Waals surface area contributed by atoms with Crippen LogP contribution in [-0.4, -0.2) is 50.5 Å². The fraction of sp³-hybridized carbons (Fsp3) is 1.00. The molecule has 0 N–H and O–H groups in total. The van der Waals surface area contributed by atoms with Crippen LogP contribution < -0.4 is 0 Å². The molecule has 3 nitrogen and oxygen atoms in total. The lowest BCUT2D eigenvalue weighted by Crippen LogP contribution is -2.32. The van der Waals surface area contributed by atoms with Gasteiger partial charge in [-0.05, 0) is 39.8 Å². The summed E-state index contributed by atoms with van der Waals surface area (Å²) in [5.41, 5.74) is 0. The minimum Gasteiger partial charge on any atom is -0.378 e. The van der Waals surface area contributed by atoms with Gasteiger partial charge < -0.3 is 14.4 Å². The molecule has 3 heteroatoms. The van der Waals surface area contributed by atoms with Crippen molar-refractivity contribution in [2.75, 3.05) is 39.5 Å². The minimum atomic E-state index is 0.315. The Hall–Kier alpha value is -0.120. The van der Waals surface area contributed by atoms with Gasteiger partial charge in [-0.25, -0.2) is 0 Å². The van der Waals surface area contributed by atoms with Crippen LogP contribution in [0.3, 0.4) is 0 Å². The van der Waals surface area contributed by atoms with E-state index in [0.29, 0.717) is 6.10 Å². The molecule has 0 spiro atoms. The Morgan fingerprint density at radius 1 is 1.00 bits per heavy atom. The van der Waals surface area contributed by atoms with Crippen molar-refractivity contribution >= 4 is 0 Å². The molecule has 1 rings (SSSR count). The monoisotopic (exact) mass is 215 g/mol. The molecule has 0 aromatic rings. The molecule has 0 amide bonds. The van der Waals surface area contributed by atoms with Crippen molar-refractivity contribution in [2.45, 2.75) is 39.2 Å². The molecule has 1 saturated heterocycles. The van der Waals surface area contributed by atoms with Gasteiger partial charge in [0.1, 0.15) is 0 Å². The number of piperidine rings is 1. The second kappa shape index (κ2) is 8.08. The van der Waals surface area contributed by atoms with Gasteiger partial charge in [0, 0.05) is 6.54 Å². The third-order valence-corrected chi connectivity index (χ3v) is 2.68. The number of nitrogens with zero attached hydrogens (tertiary/aromatic N) is 1. The second-order valence-electron chi connectivity index (χ2n) is 4.43. The SMILES string of the molecule is CC(C)OCCOCCN1CCCCC1. The van der Waals surface area contributed by atoms with Gasteiger partial charge >= 0.3 is 0 Å². The normalized spacial score (nSPS) is 18.6. The van der Waals surface area contributed by atoms with E-state index in [1.807, 2.05) is 13.8 Å². The molecule has 1 aliphatic rings. The van der Waals surface area contributed by atoms with Crippen molar-refractivity contribution in [2.24, 2.45) is 0 Å². The lowest BCUT2D eigenvalue weighted by atomic mass is 10.1. The van der Waals surface area contributed by atoms with Crippen molar-refractivity contribution in [1.29, 1.82) is 0 Å². The number of hydrogen-bond acceptors (Lipinski definition) is 3. The summed E-state index contributed by atoms with van der Waals surface area (Å²) in [6.45, 7) is 9.99. The van der Waals surface area contributed by atoms with Gasteiger partial charge in [0.25, 0.3) is 0 Å². The highest BCUT2D eigenvalue weighted by Gasteiger charge is 2.08. The topological polar surface area (TPSA) is 21.7 Å². The zero-order chi connectivity index (χ0) is 10.9. The first-order valence-electron chi connectivity index (χ1n) is 6.21. The number of ether oxygens (including phenoxy) is 2. The summed E-state index contributed by atoms with van der Waals surface area (Å²) in [7, 11) is 0. The van der Waals surface area contributed by atoms with Crippen LogP contribution in [-0.2, 0) is 9.47 Å². The quantitative estimate of drug-likeness (QED) is 0.606. The largest absolute Gasteiger partial charge is 0.378 e. The molecule has 0 unspecified atom stereocenters. The molecule has 0 aliphatic carbocycles. The van der Waals surface area contributed by atoms with E-state index in [-0.39, 0.29) is 0 Å². The van der Waals surface area contributed by atoms with Crippen LogP contribution in [0.25, 0.3) is 0 Å². The van der Waals surface area contributed by atoms with Gasteiger partial charge in [0.05, 0.1) is 25.9 Å². The van der Waals surface area contributed by atoms with Gasteiger partial charge in [-0.15, -0.1) is 0 Å². The molecule has 0 saturated carbocycles. The van der Waals surface area contributed by atoms with Gasteiger partial charge in [0.2, 0.25) is 0 Å². The van der Waals surface area contributed by atoms with Crippen molar-refractivity contribution < 1.29 is 9.47 Å². The van der Waals surface area contributed by atoms with Gasteiger partial charge in [-0.2, -0.15) is 0 Å². The summed E-state index contributed by atoms with van der Waals surface area (Å²) in [4.78, 5) is 2.49. The summed E-state index contributed by atoms with van der Waals surface area (Å²) in [5, 5.41) is 0. The molecule has 90 valence electrons. The van der Waals surface area contributed by atoms with E-state index in [0.717, 1.165) is 26.4 Å². The Balaban J connectivity index is 1.83. The van der Waals surface area contributed by atoms with E-state index >= 15 is 0 Å². The number of likely N-dealkylation sites (tertiary alicyclic amines) is 1. The lowest BCUT2D eigenvalue weighted by molar-refractivity contribution is 0.0130. The van der Waals surface area contributed by atoms with Crippen LogP contribution in [0.4, 0.5) is 0 Å². The molecular formula is C12H25NO2. The molecule has 0 aromatic carbocycles. The number of rotatable bonds is 7. The van der Waals surface area contributed by atoms with Crippen molar-refractivity contribution in [3.8, 4) is 0 Å². The van der Waals surface area contributed by atoms with E-state index in [1.165, 1.54) is 32.4 Å². The molecule has 15 heavy (non-hydrogen) atoms. The number of hydrogen-bond donors (Lipinski definition) is 0. The first-order valence-corrected chi connectivity index (χ1v) is 6.21. The maximum atomic E-state index is 5.52. The van der Waals surface area contributed by atoms with Gasteiger partial charge in [-0.1, -0.05) is 6.42 Å². The third kappa shape index (κ3) is 6.88. The van der Waals surface area contributed by atoms with E-state index in [4.69, 9.17) is 9.47 Å². The van der Waals surface area contributed by atoms with Crippen molar-refractivity contribution in [1.82, 2.24) is 4.90 Å². The van der Waals surface area contributed by atoms with E-state index in [9.17, 15) is 0 Å². The molecule has 1 heterocycles. The average Bonchev–Trinajstić information content (AvgIpc) is 2.24. The third-order valence-electron chi connectivity index (χ3n) is 2.68. The van der Waals surface area contributed by atoms with Crippen LogP contribution in [0.5, 0.6) is 0 Å². The molecule has 1 fully saturated rings. The highest BCUT2D eigenvalue weighted by Crippen LogP contribution is 2.07. The first-order chi connectivity index (χ1) is 7.29. The van der Waals surface area contributed by atoms with Crippen molar-refractivity contribution in [3.63, 3.8) is 0 Å². The lowest BCUT2D eigenvalue weighted by Gasteiger charge is -2.26. The fourth-order valence-electron chi connectivity index (χ4n) is 1.82. The average molecular weight is 215 g/mol. The van der Waals surface area contributed by atoms with E-state index < -0.39 is 0 Å². The predicted molar refractivity (Wildman–Crippen MR) is 62.2 cm³/mol. The van der Waals surface area contributed by atoms with Crippen LogP contribution in [0.1, 0.15) is 33.1 Å². The minimum absolute atomic E-state index is 0.315. The highest BCUT2D eigenvalue weighted by molar-refractivity contribution is 4.63. The Morgan fingerprint density at radius 2 is 1.73 bits per heavy atom. The summed E-state index contributed by atoms with van der Waals surface area (Å²) in [5.74, 6) is 0. The summed E-state index contributed by atoms with van der Waals surface area (Å²) in [6.07, 6.45) is 4.43. The maximum Gasteiger partial charge on any atom is 0.0703 e. The van der Waals surface area contributed by atoms with Crippen LogP contribution >= 0.6 is 0 Å². The van der Waals surface area contributed by atoms with Gasteiger partial charge in [-0.3, -0.25) is 0 Å². The summed E-state index contributed by atoms with van der Waals surface area (Å²) >= 11 is 0. The van der Waals surface area contributed by atoms with Crippen LogP contribution in [0, 0.1) is 0 Å². The second-order valence-corrected chi connectivity index (χ2v) is 4.43. The predicted octanol–water partition coefficient (Wildman–Crippen LogP) is 1.91. The first kappa shape index (κ1) is 12.9. The van der Waals surface area contributed by atoms with Gasteiger partial charge in [0.15, 0.2) is 0 Å². The maximum absolute atomic E-state index is 5.52. The van der Waals surface area contributed by atoms with E-state index in [2.05, 4.69) is 4.90 Å². The van der Waals surface area contributed by atoms with E-state index in [1.54, 1.807) is 0 Å². The summed E-state index contributed by atoms with van der Waals surface area (Å²) in [6, 6.07) is 0. The molecular weight excluding hydrogens is 190 g/mol. The smallest absolute Gasteiger partial charge is 0.0703 e. The zero-order valence-corrected chi connectivity index (χ0v) is 10.2. The molecule has 0 bridgehead atoms. The van der Waals surface area contributed by atoms with Crippen LogP contribution in [0.2, 0.25) is 0 Å². The molecule has 1 aliphatic heterocycles. The zero-order valence-electron chi connectivity index (χ0n) is 10.2. The summed E-state index contributed by atoms with van der Waals surface area (Å²) < 4.78 is 10.9. The highest BCUT2D eigenvalue weighted by atomic mass is 16.5. The molecule has 0 aromatic heterocycles. The Labute approximate surface area is 93.7 Å². The van der Waals surface area contributed by atoms with Crippen molar-refractivity contribution in [3.05, 3.63) is 0 Å². The molecule has 0 atom stereocenters. The Bertz CT molecular complexity index is 145. The van der Waals surface area contributed by atoms with Crippen LogP contribution in [0.15, 0.2) is 0 Å².